The second-order valence-corrected chi connectivity index (χ2v) is 2.24. The number of hydrogen-bond donors (Lipinski definition) is 2. The predicted molar refractivity (Wildman–Crippen MR) is 47.7 cm³/mol. The van der Waals surface area contributed by atoms with Crippen LogP contribution in [-0.2, 0) is 9.53 Å². The summed E-state index contributed by atoms with van der Waals surface area (Å²) < 4.78 is 5.14. The molecule has 4 nitrogen and oxygen atoms in total. The highest BCUT2D eigenvalue weighted by Gasteiger charge is 1.94. The van der Waals surface area contributed by atoms with Crippen LogP contribution >= 0.6 is 0 Å². The molecule has 0 aromatic heterocycles. The van der Waals surface area contributed by atoms with Crippen molar-refractivity contribution in [2.45, 2.75) is 6.42 Å². The van der Waals surface area contributed by atoms with Crippen LogP contribution in [0, 0.1) is 0 Å². The summed E-state index contributed by atoms with van der Waals surface area (Å²) in [5.74, 6) is -0.151. The monoisotopic (exact) mass is 172 g/mol. The number of nitrogens with one attached hydrogen (secondary N) is 1. The highest BCUT2D eigenvalue weighted by Crippen LogP contribution is 1.81. The van der Waals surface area contributed by atoms with Gasteiger partial charge in [-0.2, -0.15) is 0 Å². The molecule has 0 radical (unpaired) electrons. The molecule has 0 atom stereocenters. The summed E-state index contributed by atoms with van der Waals surface area (Å²) in [6.45, 7) is 5.29. The zero-order valence-electron chi connectivity index (χ0n) is 7.21. The average molecular weight is 172 g/mol. The Hall–Kier alpha value is -0.870. The van der Waals surface area contributed by atoms with Crippen molar-refractivity contribution >= 4 is 5.91 Å². The molecule has 0 fully saturated rings. The lowest BCUT2D eigenvalue weighted by atomic mass is 10.4. The summed E-state index contributed by atoms with van der Waals surface area (Å²) in [5.41, 5.74) is 5.07. The van der Waals surface area contributed by atoms with Crippen LogP contribution in [0.2, 0.25) is 0 Å². The van der Waals surface area contributed by atoms with Crippen LogP contribution in [0.25, 0.3) is 0 Å². The van der Waals surface area contributed by atoms with Gasteiger partial charge in [-0.1, -0.05) is 6.08 Å². The first-order valence-electron chi connectivity index (χ1n) is 3.96. The molecule has 0 aliphatic rings. The number of ether oxygens (including phenoxy) is 1. The first-order chi connectivity index (χ1) is 5.81. The quantitative estimate of drug-likeness (QED) is 0.407. The van der Waals surface area contributed by atoms with Gasteiger partial charge in [-0.25, -0.2) is 0 Å². The molecule has 0 bridgehead atoms. The molecule has 4 heteroatoms. The molecule has 0 saturated carbocycles. The van der Waals surface area contributed by atoms with Gasteiger partial charge >= 0.3 is 0 Å². The van der Waals surface area contributed by atoms with Gasteiger partial charge in [0.2, 0.25) is 5.91 Å². The van der Waals surface area contributed by atoms with Crippen molar-refractivity contribution in [3.05, 3.63) is 12.7 Å². The largest absolute Gasteiger partial charge is 0.379 e. The summed E-state index contributed by atoms with van der Waals surface area (Å²) in [6.07, 6.45) is 2.63. The van der Waals surface area contributed by atoms with Crippen molar-refractivity contribution in [2.75, 3.05) is 26.3 Å². The Morgan fingerprint density at radius 2 is 2.33 bits per heavy atom. The highest BCUT2D eigenvalue weighted by atomic mass is 16.5. The van der Waals surface area contributed by atoms with Crippen LogP contribution in [-0.4, -0.2) is 32.2 Å². The minimum absolute atomic E-state index is 0.0344. The molecule has 0 spiro atoms. The lowest BCUT2D eigenvalue weighted by Gasteiger charge is -2.03. The first kappa shape index (κ1) is 11.1. The number of carbonyl (C=O) groups is 1. The maximum Gasteiger partial charge on any atom is 0.233 e. The van der Waals surface area contributed by atoms with Crippen molar-refractivity contribution in [1.82, 2.24) is 5.32 Å². The standard InChI is InChI=1S/C8H16N2O2/c1-2-3-5-12-6-4-10-8(11)7-9/h2H,1,3-7,9H2,(H,10,11). The van der Waals surface area contributed by atoms with E-state index in [4.69, 9.17) is 10.5 Å². The van der Waals surface area contributed by atoms with Crippen molar-refractivity contribution in [1.29, 1.82) is 0 Å². The van der Waals surface area contributed by atoms with Gasteiger partial charge in [-0.05, 0) is 6.42 Å². The van der Waals surface area contributed by atoms with Crippen molar-refractivity contribution in [3.63, 3.8) is 0 Å². The summed E-state index contributed by atoms with van der Waals surface area (Å²) in [6, 6.07) is 0. The molecule has 0 aliphatic heterocycles. The Labute approximate surface area is 72.8 Å². The lowest BCUT2D eigenvalue weighted by Crippen LogP contribution is -2.32. The maximum absolute atomic E-state index is 10.6. The van der Waals surface area contributed by atoms with Crippen LogP contribution in [0.15, 0.2) is 12.7 Å². The van der Waals surface area contributed by atoms with Gasteiger partial charge in [0, 0.05) is 6.54 Å². The topological polar surface area (TPSA) is 64.3 Å². The van der Waals surface area contributed by atoms with E-state index in [1.807, 2.05) is 0 Å². The van der Waals surface area contributed by atoms with Crippen LogP contribution in [0.5, 0.6) is 0 Å². The predicted octanol–water partition coefficient (Wildman–Crippen LogP) is -0.346. The lowest BCUT2D eigenvalue weighted by molar-refractivity contribution is -0.119. The minimum Gasteiger partial charge on any atom is -0.379 e. The molecule has 0 aliphatic carbocycles. The number of hydrogen-bond acceptors (Lipinski definition) is 3. The SMILES string of the molecule is C=CCCOCCNC(=O)CN. The molecule has 0 saturated heterocycles. The molecule has 1 amide bonds. The smallest absolute Gasteiger partial charge is 0.233 e. The summed E-state index contributed by atoms with van der Waals surface area (Å²) in [7, 11) is 0. The highest BCUT2D eigenvalue weighted by molar-refractivity contribution is 5.77. The molecule has 0 rings (SSSR count). The van der Waals surface area contributed by atoms with Crippen molar-refractivity contribution in [3.8, 4) is 0 Å². The Kier molecular flexibility index (Phi) is 7.63. The van der Waals surface area contributed by atoms with Crippen LogP contribution in [0.3, 0.4) is 0 Å². The Bertz CT molecular complexity index is 137. The average Bonchev–Trinajstić information content (AvgIpc) is 2.10. The third kappa shape index (κ3) is 7.24. The second-order valence-electron chi connectivity index (χ2n) is 2.24. The summed E-state index contributed by atoms with van der Waals surface area (Å²) in [4.78, 5) is 10.6. The first-order valence-corrected chi connectivity index (χ1v) is 3.96. The van der Waals surface area contributed by atoms with E-state index in [-0.39, 0.29) is 12.5 Å². The number of amides is 1. The molecular formula is C8H16N2O2. The third-order valence-corrected chi connectivity index (χ3v) is 1.22. The fraction of sp³-hybridized carbons (Fsp3) is 0.625. The van der Waals surface area contributed by atoms with Gasteiger partial charge in [-0.15, -0.1) is 6.58 Å². The summed E-state index contributed by atoms with van der Waals surface area (Å²) in [5, 5.41) is 2.59. The molecule has 12 heavy (non-hydrogen) atoms. The van der Waals surface area contributed by atoms with Crippen LogP contribution in [0.1, 0.15) is 6.42 Å². The van der Waals surface area contributed by atoms with Gasteiger partial charge in [-0.3, -0.25) is 4.79 Å². The minimum atomic E-state index is -0.151. The third-order valence-electron chi connectivity index (χ3n) is 1.22. The van der Waals surface area contributed by atoms with Gasteiger partial charge in [0.05, 0.1) is 19.8 Å². The molecule has 3 N–H and O–H groups in total. The van der Waals surface area contributed by atoms with Crippen LogP contribution < -0.4 is 11.1 Å². The van der Waals surface area contributed by atoms with E-state index in [9.17, 15) is 4.79 Å². The summed E-state index contributed by atoms with van der Waals surface area (Å²) >= 11 is 0. The number of nitrogens with two attached hydrogens (primary N) is 1. The Morgan fingerprint density at radius 3 is 2.92 bits per heavy atom. The van der Waals surface area contributed by atoms with Gasteiger partial charge in [0.15, 0.2) is 0 Å². The van der Waals surface area contributed by atoms with Gasteiger partial charge < -0.3 is 15.8 Å². The van der Waals surface area contributed by atoms with Crippen LogP contribution in [0.4, 0.5) is 0 Å². The zero-order chi connectivity index (χ0) is 9.23. The zero-order valence-corrected chi connectivity index (χ0v) is 7.21. The van der Waals surface area contributed by atoms with E-state index in [2.05, 4.69) is 11.9 Å². The second kappa shape index (κ2) is 8.23. The van der Waals surface area contributed by atoms with E-state index < -0.39 is 0 Å². The fourth-order valence-electron chi connectivity index (χ4n) is 0.604. The van der Waals surface area contributed by atoms with Gasteiger partial charge in [0.25, 0.3) is 0 Å². The Balaban J connectivity index is 3.00. The molecule has 0 heterocycles. The van der Waals surface area contributed by atoms with E-state index in [0.717, 1.165) is 6.42 Å². The maximum atomic E-state index is 10.6. The van der Waals surface area contributed by atoms with E-state index in [1.165, 1.54) is 0 Å². The van der Waals surface area contributed by atoms with Crippen molar-refractivity contribution in [2.24, 2.45) is 5.73 Å². The molecule has 70 valence electrons. The van der Waals surface area contributed by atoms with E-state index >= 15 is 0 Å². The van der Waals surface area contributed by atoms with Crippen molar-refractivity contribution < 1.29 is 9.53 Å². The van der Waals surface area contributed by atoms with E-state index in [0.29, 0.717) is 19.8 Å². The normalized spacial score (nSPS) is 9.42. The molecule has 0 aromatic rings. The molecule has 0 aromatic carbocycles. The molecular weight excluding hydrogens is 156 g/mol. The fourth-order valence-corrected chi connectivity index (χ4v) is 0.604. The molecule has 0 unspecified atom stereocenters. The van der Waals surface area contributed by atoms with Gasteiger partial charge in [0.1, 0.15) is 0 Å². The number of carbonyl (C=O) groups excluding carboxylic acids is 1. The van der Waals surface area contributed by atoms with E-state index in [1.54, 1.807) is 6.08 Å². The Morgan fingerprint density at radius 1 is 1.58 bits per heavy atom. The number of rotatable bonds is 7.